The molecule has 12 nitrogen and oxygen atoms in total. The van der Waals surface area contributed by atoms with E-state index in [1.807, 2.05) is 0 Å². The number of rotatable bonds is 14. The summed E-state index contributed by atoms with van der Waals surface area (Å²) in [6.07, 6.45) is -7.07. The summed E-state index contributed by atoms with van der Waals surface area (Å²) in [5.74, 6) is -7.02. The average molecular weight is 746 g/mol. The zero-order chi connectivity index (χ0) is 38.7. The fraction of sp³-hybridized carbons (Fsp3) is 0.514. The molecule has 286 valence electrons. The molecule has 4 amide bonds. The highest BCUT2D eigenvalue weighted by Gasteiger charge is 2.54. The first kappa shape index (κ1) is 39.2. The molecule has 0 unspecified atom stereocenters. The first-order chi connectivity index (χ1) is 24.9. The van der Waals surface area contributed by atoms with Crippen LogP contribution in [-0.4, -0.2) is 65.7 Å². The van der Waals surface area contributed by atoms with Gasteiger partial charge in [0.05, 0.1) is 11.4 Å². The van der Waals surface area contributed by atoms with Gasteiger partial charge in [0.1, 0.15) is 17.0 Å². The summed E-state index contributed by atoms with van der Waals surface area (Å²) in [4.78, 5) is 72.2. The van der Waals surface area contributed by atoms with Crippen molar-refractivity contribution in [3.05, 3.63) is 65.5 Å². The van der Waals surface area contributed by atoms with Gasteiger partial charge in [0.25, 0.3) is 5.91 Å². The maximum absolute atomic E-state index is 15.8. The van der Waals surface area contributed by atoms with Crippen molar-refractivity contribution in [1.29, 1.82) is 0 Å². The van der Waals surface area contributed by atoms with E-state index in [-0.39, 0.29) is 48.6 Å². The Labute approximate surface area is 303 Å². The number of amides is 4. The number of aliphatic imine (C=N–C) groups is 1. The highest BCUT2D eigenvalue weighted by Crippen LogP contribution is 2.40. The first-order valence-corrected chi connectivity index (χ1v) is 17.5. The zero-order valence-corrected chi connectivity index (χ0v) is 29.6. The number of alkyl carbamates (subject to hydrolysis) is 1. The molecule has 2 aromatic rings. The van der Waals surface area contributed by atoms with Gasteiger partial charge < -0.3 is 25.8 Å². The minimum atomic E-state index is -4.51. The third kappa shape index (κ3) is 10.1. The van der Waals surface area contributed by atoms with Crippen molar-refractivity contribution < 1.29 is 51.0 Å². The molecule has 0 radical (unpaired) electrons. The van der Waals surface area contributed by atoms with E-state index >= 15 is 4.39 Å². The number of carbonyl (C=O) groups excluding carboxylic acids is 5. The highest BCUT2D eigenvalue weighted by atomic mass is 19.4. The molecule has 0 spiro atoms. The average Bonchev–Trinajstić information content (AvgIpc) is 4.00. The van der Waals surface area contributed by atoms with Gasteiger partial charge in [-0.25, -0.2) is 19.0 Å². The number of primary amides is 1. The van der Waals surface area contributed by atoms with E-state index < -0.39 is 90.5 Å². The van der Waals surface area contributed by atoms with Crippen molar-refractivity contribution in [1.82, 2.24) is 10.6 Å². The Hall–Kier alpha value is -5.02. The van der Waals surface area contributed by atoms with Crippen molar-refractivity contribution in [2.45, 2.75) is 95.6 Å². The van der Waals surface area contributed by atoms with Gasteiger partial charge in [0.15, 0.2) is 6.73 Å². The van der Waals surface area contributed by atoms with Gasteiger partial charge in [-0.3, -0.25) is 19.3 Å². The van der Waals surface area contributed by atoms with E-state index in [4.69, 9.17) is 15.2 Å². The second-order valence-electron chi connectivity index (χ2n) is 14.7. The van der Waals surface area contributed by atoms with Crippen LogP contribution >= 0.6 is 0 Å². The molecule has 0 aromatic heterocycles. The molecular formula is C37H43F4N5O7. The number of halogens is 4. The van der Waals surface area contributed by atoms with Crippen molar-refractivity contribution in [3.8, 4) is 0 Å². The highest BCUT2D eigenvalue weighted by molar-refractivity contribution is 6.20. The number of anilines is 1. The number of nitrogens with one attached hydrogen (secondary N) is 2. The van der Waals surface area contributed by atoms with Crippen LogP contribution in [0.5, 0.6) is 0 Å². The number of nitrogens with zero attached hydrogens (tertiary/aromatic N) is 2. The quantitative estimate of drug-likeness (QED) is 0.175. The van der Waals surface area contributed by atoms with Gasteiger partial charge in [0.2, 0.25) is 18.0 Å². The molecule has 5 rings (SSSR count). The topological polar surface area (TPSA) is 169 Å². The van der Waals surface area contributed by atoms with Gasteiger partial charge >= 0.3 is 18.2 Å². The minimum absolute atomic E-state index is 0.0786. The number of benzene rings is 2. The van der Waals surface area contributed by atoms with Gasteiger partial charge in [-0.05, 0) is 64.9 Å². The van der Waals surface area contributed by atoms with Gasteiger partial charge in [-0.1, -0.05) is 55.3 Å². The van der Waals surface area contributed by atoms with Crippen molar-refractivity contribution in [3.63, 3.8) is 0 Å². The number of hydrogen-bond acceptors (Lipinski definition) is 8. The molecule has 1 heterocycles. The van der Waals surface area contributed by atoms with Crippen LogP contribution in [0.4, 0.5) is 28.0 Å². The Bertz CT molecular complexity index is 1750. The molecule has 0 bridgehead atoms. The second-order valence-corrected chi connectivity index (χ2v) is 14.7. The van der Waals surface area contributed by atoms with E-state index in [1.54, 1.807) is 51.1 Å². The number of hydrogen-bond donors (Lipinski definition) is 3. The summed E-state index contributed by atoms with van der Waals surface area (Å²) in [6.45, 7) is 4.07. The predicted octanol–water partition coefficient (Wildman–Crippen LogP) is 5.26. The molecule has 1 aliphatic heterocycles. The van der Waals surface area contributed by atoms with Crippen molar-refractivity contribution in [2.75, 3.05) is 11.6 Å². The van der Waals surface area contributed by atoms with Crippen LogP contribution in [0.15, 0.2) is 53.5 Å². The fourth-order valence-electron chi connectivity index (χ4n) is 6.28. The molecular weight excluding hydrogens is 702 g/mol. The van der Waals surface area contributed by atoms with E-state index in [1.165, 1.54) is 12.1 Å². The Balaban J connectivity index is 1.48. The number of fused-ring (bicyclic) bond motifs is 1. The van der Waals surface area contributed by atoms with Crippen LogP contribution in [0.1, 0.15) is 83.3 Å². The van der Waals surface area contributed by atoms with Crippen LogP contribution in [0.3, 0.4) is 0 Å². The van der Waals surface area contributed by atoms with Crippen LogP contribution < -0.4 is 21.3 Å². The standard InChI is InChI=1S/C37H43F4N5O7/c1-35(2,3)53-34(51)45-36(17-18-36)33(50)52-20-46-28-24(11-7-13-26(28)38)27(22-9-5-4-6-10-22)43-30(32(46)49)44-31(48)23(12-8-16-37(39,40)41)25(29(42)47)19-21-14-15-21/h4-7,9-11,13,21,23,25,30H,8,12,14-20H2,1-3H3,(H2,42,47)(H,44,48)(H,45,51)/t23-,25+,30-/m1/s1. The van der Waals surface area contributed by atoms with E-state index in [2.05, 4.69) is 15.6 Å². The Morgan fingerprint density at radius 1 is 1.02 bits per heavy atom. The molecule has 2 fully saturated rings. The van der Waals surface area contributed by atoms with Crippen LogP contribution in [0.2, 0.25) is 0 Å². The molecule has 3 atom stereocenters. The molecule has 3 aliphatic rings. The lowest BCUT2D eigenvalue weighted by Crippen LogP contribution is -2.52. The zero-order valence-electron chi connectivity index (χ0n) is 29.6. The summed E-state index contributed by atoms with van der Waals surface area (Å²) in [7, 11) is 0. The number of ether oxygens (including phenoxy) is 2. The van der Waals surface area contributed by atoms with E-state index in [0.29, 0.717) is 5.56 Å². The number of benzodiazepines with no additional fused rings is 1. The Morgan fingerprint density at radius 3 is 2.28 bits per heavy atom. The van der Waals surface area contributed by atoms with Gasteiger partial charge in [-0.15, -0.1) is 0 Å². The van der Waals surface area contributed by atoms with Crippen LogP contribution in [0.25, 0.3) is 0 Å². The van der Waals surface area contributed by atoms with Crippen molar-refractivity contribution in [2.24, 2.45) is 28.5 Å². The second kappa shape index (κ2) is 15.5. The first-order valence-electron chi connectivity index (χ1n) is 17.5. The number of nitrogens with two attached hydrogens (primary N) is 1. The van der Waals surface area contributed by atoms with Crippen LogP contribution in [0, 0.1) is 23.6 Å². The summed E-state index contributed by atoms with van der Waals surface area (Å²) in [6, 6.07) is 12.3. The number of carbonyl (C=O) groups is 5. The Kier molecular flexibility index (Phi) is 11.5. The molecule has 2 aliphatic carbocycles. The molecule has 2 aromatic carbocycles. The largest absolute Gasteiger partial charge is 0.444 e. The van der Waals surface area contributed by atoms with Gasteiger partial charge in [-0.2, -0.15) is 13.2 Å². The molecule has 16 heteroatoms. The third-order valence-electron chi connectivity index (χ3n) is 9.25. The third-order valence-corrected chi connectivity index (χ3v) is 9.25. The smallest absolute Gasteiger partial charge is 0.408 e. The predicted molar refractivity (Wildman–Crippen MR) is 184 cm³/mol. The normalized spacial score (nSPS) is 19.2. The summed E-state index contributed by atoms with van der Waals surface area (Å²) >= 11 is 0. The van der Waals surface area contributed by atoms with Crippen molar-refractivity contribution >= 4 is 41.2 Å². The van der Waals surface area contributed by atoms with Gasteiger partial charge in [0, 0.05) is 29.4 Å². The summed E-state index contributed by atoms with van der Waals surface area (Å²) < 4.78 is 66.1. The summed E-state index contributed by atoms with van der Waals surface area (Å²) in [5.41, 5.74) is 3.69. The van der Waals surface area contributed by atoms with E-state index in [9.17, 15) is 37.1 Å². The number of alkyl halides is 3. The molecule has 53 heavy (non-hydrogen) atoms. The maximum atomic E-state index is 15.8. The number of esters is 1. The molecule has 0 saturated heterocycles. The summed E-state index contributed by atoms with van der Waals surface area (Å²) in [5, 5.41) is 5.01. The molecule has 2 saturated carbocycles. The Morgan fingerprint density at radius 2 is 1.70 bits per heavy atom. The lowest BCUT2D eigenvalue weighted by Gasteiger charge is -2.28. The monoisotopic (exact) mass is 745 g/mol. The molecule has 4 N–H and O–H groups in total. The minimum Gasteiger partial charge on any atom is -0.444 e. The fourth-order valence-corrected chi connectivity index (χ4v) is 6.28. The van der Waals surface area contributed by atoms with E-state index in [0.717, 1.165) is 23.8 Å². The lowest BCUT2D eigenvalue weighted by atomic mass is 9.82. The lowest BCUT2D eigenvalue weighted by molar-refractivity contribution is -0.148. The van der Waals surface area contributed by atoms with Crippen LogP contribution in [-0.2, 0) is 28.7 Å². The SMILES string of the molecule is CC(C)(C)OC(=O)NC1(C(=O)OCN2C(=O)[C@@H](NC(=O)[C@H](CCCC(F)(F)F)[C@H](CC3CC3)C(N)=O)N=C(c3ccccc3)c3cccc(F)c32)CC1. The maximum Gasteiger partial charge on any atom is 0.408 e. The number of para-hydroxylation sites is 1.